The Kier molecular flexibility index (Phi) is 5.77. The Labute approximate surface area is 196 Å². The maximum atomic E-state index is 13.0. The van der Waals surface area contributed by atoms with Crippen LogP contribution in [0.15, 0.2) is 50.4 Å². The molecule has 2 aromatic heterocycles. The average molecular weight is 459 g/mol. The first-order chi connectivity index (χ1) is 16.4. The van der Waals surface area contributed by atoms with E-state index in [1.807, 2.05) is 26.0 Å². The van der Waals surface area contributed by atoms with Crippen molar-refractivity contribution in [2.24, 2.45) is 0 Å². The van der Waals surface area contributed by atoms with Crippen molar-refractivity contribution in [1.29, 1.82) is 0 Å². The quantitative estimate of drug-likeness (QED) is 0.329. The third-order valence-electron chi connectivity index (χ3n) is 6.61. The summed E-state index contributed by atoms with van der Waals surface area (Å²) in [7, 11) is 0. The SMILES string of the molecule is Cc1cc2oc(=O)cc(COC(=O)c3ccc4c(=O)n5c(nc4c3)CCCCCC5)c2cc1C. The zero-order chi connectivity index (χ0) is 23.8. The number of aryl methyl sites for hydroxylation is 3. The van der Waals surface area contributed by atoms with Crippen LogP contribution in [0.1, 0.15) is 58.6 Å². The third kappa shape index (κ3) is 4.14. The summed E-state index contributed by atoms with van der Waals surface area (Å²) in [5, 5.41) is 1.24. The van der Waals surface area contributed by atoms with Gasteiger partial charge in [0.05, 0.1) is 16.5 Å². The van der Waals surface area contributed by atoms with Gasteiger partial charge in [-0.2, -0.15) is 0 Å². The predicted molar refractivity (Wildman–Crippen MR) is 129 cm³/mol. The van der Waals surface area contributed by atoms with Gasteiger partial charge in [0.1, 0.15) is 18.0 Å². The first-order valence-electron chi connectivity index (χ1n) is 11.7. The summed E-state index contributed by atoms with van der Waals surface area (Å²) in [6.07, 6.45) is 4.97. The molecule has 174 valence electrons. The van der Waals surface area contributed by atoms with Crippen LogP contribution < -0.4 is 11.2 Å². The molecule has 0 bridgehead atoms. The van der Waals surface area contributed by atoms with E-state index in [1.165, 1.54) is 6.07 Å². The zero-order valence-electron chi connectivity index (χ0n) is 19.3. The van der Waals surface area contributed by atoms with Crippen LogP contribution in [0.3, 0.4) is 0 Å². The Hall–Kier alpha value is -3.74. The highest BCUT2D eigenvalue weighted by Crippen LogP contribution is 2.23. The first kappa shape index (κ1) is 22.1. The maximum Gasteiger partial charge on any atom is 0.338 e. The molecule has 5 rings (SSSR count). The van der Waals surface area contributed by atoms with E-state index in [-0.39, 0.29) is 12.2 Å². The van der Waals surface area contributed by atoms with Crippen LogP contribution in [0, 0.1) is 13.8 Å². The van der Waals surface area contributed by atoms with Gasteiger partial charge in [0.15, 0.2) is 0 Å². The van der Waals surface area contributed by atoms with E-state index >= 15 is 0 Å². The van der Waals surface area contributed by atoms with E-state index in [4.69, 9.17) is 14.1 Å². The minimum Gasteiger partial charge on any atom is -0.457 e. The number of rotatable bonds is 3. The van der Waals surface area contributed by atoms with E-state index in [0.717, 1.165) is 54.4 Å². The number of nitrogens with zero attached hydrogens (tertiary/aromatic N) is 2. The second-order valence-electron chi connectivity index (χ2n) is 8.98. The van der Waals surface area contributed by atoms with E-state index in [2.05, 4.69) is 0 Å². The van der Waals surface area contributed by atoms with E-state index in [9.17, 15) is 14.4 Å². The van der Waals surface area contributed by atoms with Gasteiger partial charge in [-0.3, -0.25) is 9.36 Å². The summed E-state index contributed by atoms with van der Waals surface area (Å²) >= 11 is 0. The van der Waals surface area contributed by atoms with Gasteiger partial charge < -0.3 is 9.15 Å². The van der Waals surface area contributed by atoms with Crippen molar-refractivity contribution in [2.45, 2.75) is 59.1 Å². The molecule has 0 saturated carbocycles. The highest BCUT2D eigenvalue weighted by molar-refractivity contribution is 5.94. The van der Waals surface area contributed by atoms with Gasteiger partial charge in [-0.15, -0.1) is 0 Å². The first-order valence-corrected chi connectivity index (χ1v) is 11.7. The minimum absolute atomic E-state index is 0.0602. The molecule has 7 nitrogen and oxygen atoms in total. The summed E-state index contributed by atoms with van der Waals surface area (Å²) in [6.45, 7) is 4.53. The molecule has 4 aromatic rings. The normalized spacial score (nSPS) is 13.9. The fourth-order valence-electron chi connectivity index (χ4n) is 4.55. The van der Waals surface area contributed by atoms with Crippen molar-refractivity contribution in [3.63, 3.8) is 0 Å². The highest BCUT2D eigenvalue weighted by Gasteiger charge is 2.16. The van der Waals surface area contributed by atoms with E-state index in [0.29, 0.717) is 34.2 Å². The van der Waals surface area contributed by atoms with Crippen LogP contribution in [0.5, 0.6) is 0 Å². The summed E-state index contributed by atoms with van der Waals surface area (Å²) in [4.78, 5) is 42.6. The lowest BCUT2D eigenvalue weighted by atomic mass is 10.0. The van der Waals surface area contributed by atoms with Gasteiger partial charge in [0, 0.05) is 30.0 Å². The molecule has 34 heavy (non-hydrogen) atoms. The largest absolute Gasteiger partial charge is 0.457 e. The van der Waals surface area contributed by atoms with Crippen LogP contribution in [-0.2, 0) is 24.3 Å². The molecular weight excluding hydrogens is 432 g/mol. The number of carbonyl (C=O) groups is 1. The number of carbonyl (C=O) groups excluding carboxylic acids is 1. The summed E-state index contributed by atoms with van der Waals surface area (Å²) in [5.74, 6) is 0.233. The average Bonchev–Trinajstić information content (AvgIpc) is 2.79. The zero-order valence-corrected chi connectivity index (χ0v) is 19.3. The molecule has 2 aromatic carbocycles. The molecule has 0 amide bonds. The molecule has 0 radical (unpaired) electrons. The highest BCUT2D eigenvalue weighted by atomic mass is 16.5. The van der Waals surface area contributed by atoms with Crippen molar-refractivity contribution in [1.82, 2.24) is 9.55 Å². The summed E-state index contributed by atoms with van der Waals surface area (Å²) in [5.41, 5.74) is 3.38. The Morgan fingerprint density at radius 3 is 2.65 bits per heavy atom. The molecule has 0 aliphatic carbocycles. The van der Waals surface area contributed by atoms with Crippen LogP contribution in [0.2, 0.25) is 0 Å². The van der Waals surface area contributed by atoms with E-state index < -0.39 is 11.6 Å². The van der Waals surface area contributed by atoms with Gasteiger partial charge >= 0.3 is 11.6 Å². The van der Waals surface area contributed by atoms with Crippen molar-refractivity contribution < 1.29 is 13.9 Å². The molecule has 3 heterocycles. The lowest BCUT2D eigenvalue weighted by Gasteiger charge is -2.16. The molecule has 1 aliphatic rings. The standard InChI is InChI=1S/C27H26N2O5/c1-16-11-21-19(14-25(30)34-23(21)12-17(16)2)15-33-27(32)18-8-9-20-22(13-18)28-24-7-5-3-4-6-10-29(24)26(20)31/h8-9,11-14H,3-7,10,15H2,1-2H3. The number of hydrogen-bond acceptors (Lipinski definition) is 6. The van der Waals surface area contributed by atoms with Crippen molar-refractivity contribution in [3.05, 3.63) is 85.3 Å². The number of fused-ring (bicyclic) bond motifs is 3. The third-order valence-corrected chi connectivity index (χ3v) is 6.61. The number of esters is 1. The molecule has 0 atom stereocenters. The van der Waals surface area contributed by atoms with Crippen LogP contribution in [0.4, 0.5) is 0 Å². The minimum atomic E-state index is -0.541. The number of aromatic nitrogens is 2. The van der Waals surface area contributed by atoms with Crippen molar-refractivity contribution in [3.8, 4) is 0 Å². The molecule has 0 fully saturated rings. The summed E-state index contributed by atoms with van der Waals surface area (Å²) < 4.78 is 12.6. The van der Waals surface area contributed by atoms with Crippen LogP contribution >= 0.6 is 0 Å². The second-order valence-corrected chi connectivity index (χ2v) is 8.98. The molecule has 1 aliphatic heterocycles. The number of benzene rings is 2. The molecule has 7 heteroatoms. The van der Waals surface area contributed by atoms with Gasteiger partial charge in [0.25, 0.3) is 5.56 Å². The maximum absolute atomic E-state index is 13.0. The van der Waals surface area contributed by atoms with E-state index in [1.54, 1.807) is 22.8 Å². The smallest absolute Gasteiger partial charge is 0.338 e. The van der Waals surface area contributed by atoms with Crippen LogP contribution in [-0.4, -0.2) is 15.5 Å². The molecule has 0 saturated heterocycles. The number of ether oxygens (including phenoxy) is 1. The Morgan fingerprint density at radius 2 is 1.79 bits per heavy atom. The van der Waals surface area contributed by atoms with Gasteiger partial charge in [-0.1, -0.05) is 12.8 Å². The molecule has 0 unspecified atom stereocenters. The molecule has 0 spiro atoms. The van der Waals surface area contributed by atoms with Gasteiger partial charge in [-0.05, 0) is 68.1 Å². The Balaban J connectivity index is 1.44. The summed E-state index contributed by atoms with van der Waals surface area (Å²) in [6, 6.07) is 9.95. The van der Waals surface area contributed by atoms with Gasteiger partial charge in [-0.25, -0.2) is 14.6 Å². The monoisotopic (exact) mass is 458 g/mol. The predicted octanol–water partition coefficient (Wildman–Crippen LogP) is 4.59. The van der Waals surface area contributed by atoms with Crippen LogP contribution in [0.25, 0.3) is 21.9 Å². The lowest BCUT2D eigenvalue weighted by molar-refractivity contribution is 0.0474. The lowest BCUT2D eigenvalue weighted by Crippen LogP contribution is -2.26. The Morgan fingerprint density at radius 1 is 1.00 bits per heavy atom. The molecule has 0 N–H and O–H groups in total. The van der Waals surface area contributed by atoms with Crippen molar-refractivity contribution >= 4 is 27.8 Å². The second kappa shape index (κ2) is 8.89. The fourth-order valence-corrected chi connectivity index (χ4v) is 4.55. The topological polar surface area (TPSA) is 91.4 Å². The fraction of sp³-hybridized carbons (Fsp3) is 0.333. The Bertz CT molecular complexity index is 1550. The number of hydrogen-bond donors (Lipinski definition) is 0. The van der Waals surface area contributed by atoms with Crippen molar-refractivity contribution in [2.75, 3.05) is 0 Å². The molecular formula is C27H26N2O5. The van der Waals surface area contributed by atoms with Gasteiger partial charge in [0.2, 0.25) is 0 Å².